The third kappa shape index (κ3) is 6.85. The van der Waals surface area contributed by atoms with Crippen LogP contribution in [0.4, 0.5) is 5.82 Å². The molecule has 1 aliphatic carbocycles. The van der Waals surface area contributed by atoms with Crippen molar-refractivity contribution in [2.45, 2.75) is 31.4 Å². The van der Waals surface area contributed by atoms with Crippen LogP contribution in [-0.2, 0) is 20.9 Å². The lowest BCUT2D eigenvalue weighted by molar-refractivity contribution is 0.101. The van der Waals surface area contributed by atoms with Crippen LogP contribution < -0.4 is 10.5 Å². The zero-order valence-corrected chi connectivity index (χ0v) is 22.2. The van der Waals surface area contributed by atoms with E-state index in [4.69, 9.17) is 16.7 Å². The van der Waals surface area contributed by atoms with Gasteiger partial charge in [0.25, 0.3) is 0 Å². The standard InChI is InChI=1S/C22H22BrClN4O5S2/c23-15-3-1-2-12(5-15)4-13-7-19(34-21(13)24)20(30)17-9-26-11-27-22(17)28-16-6-14(18(29)8-16)10-33-35(25,31)32/h1-3,5,7,9,11,14,16,18,29H,4,6,8,10H2,(H2,25,31,32)(H,26,27,28)/t14-,16-,18+/m1/s1. The molecule has 1 saturated carbocycles. The van der Waals surface area contributed by atoms with Crippen molar-refractivity contribution in [2.24, 2.45) is 11.1 Å². The van der Waals surface area contributed by atoms with Gasteiger partial charge in [0.15, 0.2) is 0 Å². The quantitative estimate of drug-likeness (QED) is 0.316. The highest BCUT2D eigenvalue weighted by Gasteiger charge is 2.35. The number of nitrogens with zero attached hydrogens (tertiary/aromatic N) is 2. The summed E-state index contributed by atoms with van der Waals surface area (Å²) in [6, 6.07) is 9.41. The molecule has 9 nitrogen and oxygen atoms in total. The molecule has 0 bridgehead atoms. The fourth-order valence-electron chi connectivity index (χ4n) is 4.02. The van der Waals surface area contributed by atoms with Crippen LogP contribution in [0.2, 0.25) is 4.34 Å². The predicted molar refractivity (Wildman–Crippen MR) is 137 cm³/mol. The highest BCUT2D eigenvalue weighted by Crippen LogP contribution is 2.33. The maximum Gasteiger partial charge on any atom is 0.333 e. The zero-order valence-electron chi connectivity index (χ0n) is 18.2. The van der Waals surface area contributed by atoms with Gasteiger partial charge in [-0.3, -0.25) is 8.98 Å². The summed E-state index contributed by atoms with van der Waals surface area (Å²) in [6.07, 6.45) is 3.30. The summed E-state index contributed by atoms with van der Waals surface area (Å²) in [5.74, 6) is -0.370. The summed E-state index contributed by atoms with van der Waals surface area (Å²) in [6.45, 7) is -0.220. The van der Waals surface area contributed by atoms with Gasteiger partial charge in [0.2, 0.25) is 5.78 Å². The van der Waals surface area contributed by atoms with Gasteiger partial charge in [0.1, 0.15) is 12.1 Å². The van der Waals surface area contributed by atoms with Crippen molar-refractivity contribution in [3.8, 4) is 0 Å². The van der Waals surface area contributed by atoms with E-state index < -0.39 is 22.3 Å². The molecule has 1 aliphatic rings. The fraction of sp³-hybridized carbons (Fsp3) is 0.318. The van der Waals surface area contributed by atoms with E-state index in [-0.39, 0.29) is 24.0 Å². The number of anilines is 1. The molecule has 4 rings (SSSR count). The number of rotatable bonds is 9. The highest BCUT2D eigenvalue weighted by molar-refractivity contribution is 9.10. The molecule has 0 amide bonds. The van der Waals surface area contributed by atoms with Crippen LogP contribution in [0.15, 0.2) is 47.3 Å². The Balaban J connectivity index is 1.48. The molecule has 0 saturated heterocycles. The fourth-order valence-corrected chi connectivity index (χ4v) is 6.07. The molecular weight excluding hydrogens is 580 g/mol. The van der Waals surface area contributed by atoms with Crippen molar-refractivity contribution in [3.63, 3.8) is 0 Å². The number of hydrogen-bond acceptors (Lipinski definition) is 9. The lowest BCUT2D eigenvalue weighted by Crippen LogP contribution is -2.24. The Hall–Kier alpha value is -1.93. The minimum atomic E-state index is -4.09. The lowest BCUT2D eigenvalue weighted by atomic mass is 10.1. The molecule has 1 aromatic carbocycles. The van der Waals surface area contributed by atoms with Crippen LogP contribution in [0.5, 0.6) is 0 Å². The lowest BCUT2D eigenvalue weighted by Gasteiger charge is -2.15. The molecule has 2 heterocycles. The van der Waals surface area contributed by atoms with E-state index in [0.29, 0.717) is 34.3 Å². The van der Waals surface area contributed by atoms with Crippen molar-refractivity contribution < 1.29 is 22.5 Å². The van der Waals surface area contributed by atoms with Gasteiger partial charge < -0.3 is 10.4 Å². The molecule has 2 aromatic heterocycles. The SMILES string of the molecule is NS(=O)(=O)OC[C@H]1C[C@@H](Nc2ncncc2C(=O)c2cc(Cc3cccc(Br)c3)c(Cl)s2)C[C@@H]1O. The second-order valence-corrected chi connectivity index (χ2v) is 12.0. The maximum absolute atomic E-state index is 13.3. The molecule has 4 N–H and O–H groups in total. The average molecular weight is 602 g/mol. The first-order chi connectivity index (χ1) is 16.6. The minimum absolute atomic E-state index is 0.220. The van der Waals surface area contributed by atoms with E-state index in [1.54, 1.807) is 6.07 Å². The summed E-state index contributed by atoms with van der Waals surface area (Å²) in [5, 5.41) is 18.3. The Labute approximate surface area is 220 Å². The molecule has 13 heteroatoms. The third-order valence-electron chi connectivity index (χ3n) is 5.67. The number of aliphatic hydroxyl groups is 1. The summed E-state index contributed by atoms with van der Waals surface area (Å²) in [7, 11) is -4.09. The van der Waals surface area contributed by atoms with Gasteiger partial charge in [-0.05, 0) is 48.6 Å². The predicted octanol–water partition coefficient (Wildman–Crippen LogP) is 3.55. The second kappa shape index (κ2) is 11.0. The summed E-state index contributed by atoms with van der Waals surface area (Å²) in [5.41, 5.74) is 2.18. The topological polar surface area (TPSA) is 144 Å². The molecule has 0 spiro atoms. The number of nitrogens with one attached hydrogen (secondary N) is 1. The minimum Gasteiger partial charge on any atom is -0.393 e. The molecule has 3 aromatic rings. The number of carbonyl (C=O) groups is 1. The Morgan fingerprint density at radius 1 is 1.34 bits per heavy atom. The number of aliphatic hydroxyl groups excluding tert-OH is 1. The van der Waals surface area contributed by atoms with E-state index >= 15 is 0 Å². The Morgan fingerprint density at radius 3 is 2.89 bits per heavy atom. The van der Waals surface area contributed by atoms with Gasteiger partial charge in [0.05, 0.1) is 27.5 Å². The van der Waals surface area contributed by atoms with Crippen LogP contribution in [0.1, 0.15) is 39.2 Å². The second-order valence-electron chi connectivity index (χ2n) is 8.25. The normalized spacial score (nSPS) is 20.2. The van der Waals surface area contributed by atoms with Crippen LogP contribution in [-0.4, -0.2) is 48.0 Å². The molecular formula is C22H22BrClN4O5S2. The number of hydrogen-bond donors (Lipinski definition) is 3. The van der Waals surface area contributed by atoms with E-state index in [1.807, 2.05) is 24.3 Å². The van der Waals surface area contributed by atoms with Gasteiger partial charge in [0, 0.05) is 22.6 Å². The number of thiophene rings is 1. The van der Waals surface area contributed by atoms with Crippen LogP contribution in [0.3, 0.4) is 0 Å². The molecule has 35 heavy (non-hydrogen) atoms. The van der Waals surface area contributed by atoms with Gasteiger partial charge in [-0.25, -0.2) is 15.1 Å². The summed E-state index contributed by atoms with van der Waals surface area (Å²) in [4.78, 5) is 22.0. The first kappa shape index (κ1) is 26.1. The summed E-state index contributed by atoms with van der Waals surface area (Å²) >= 11 is 11.1. The van der Waals surface area contributed by atoms with Crippen molar-refractivity contribution >= 4 is 60.8 Å². The number of benzene rings is 1. The van der Waals surface area contributed by atoms with E-state index in [2.05, 4.69) is 35.4 Å². The maximum atomic E-state index is 13.3. The Bertz CT molecular complexity index is 1340. The summed E-state index contributed by atoms with van der Waals surface area (Å²) < 4.78 is 28.3. The molecule has 186 valence electrons. The van der Waals surface area contributed by atoms with E-state index in [9.17, 15) is 18.3 Å². The van der Waals surface area contributed by atoms with Crippen LogP contribution >= 0.6 is 38.9 Å². The van der Waals surface area contributed by atoms with Gasteiger partial charge in [-0.2, -0.15) is 8.42 Å². The monoisotopic (exact) mass is 600 g/mol. The Kier molecular flexibility index (Phi) is 8.21. The smallest absolute Gasteiger partial charge is 0.333 e. The molecule has 0 unspecified atom stereocenters. The molecule has 1 fully saturated rings. The highest BCUT2D eigenvalue weighted by atomic mass is 79.9. The number of halogens is 2. The molecule has 0 radical (unpaired) electrons. The van der Waals surface area contributed by atoms with Crippen LogP contribution in [0, 0.1) is 5.92 Å². The van der Waals surface area contributed by atoms with Gasteiger partial charge >= 0.3 is 10.3 Å². The third-order valence-corrected chi connectivity index (χ3v) is 8.06. The average Bonchev–Trinajstić information content (AvgIpc) is 3.33. The Morgan fingerprint density at radius 2 is 2.14 bits per heavy atom. The van der Waals surface area contributed by atoms with Crippen molar-refractivity contribution in [2.75, 3.05) is 11.9 Å². The van der Waals surface area contributed by atoms with Gasteiger partial charge in [-0.15, -0.1) is 11.3 Å². The number of ketones is 1. The van der Waals surface area contributed by atoms with Crippen molar-refractivity contribution in [1.29, 1.82) is 0 Å². The zero-order chi connectivity index (χ0) is 25.2. The van der Waals surface area contributed by atoms with Crippen LogP contribution in [0.25, 0.3) is 0 Å². The number of nitrogens with two attached hydrogens (primary N) is 1. The molecule has 3 atom stereocenters. The first-order valence-corrected chi connectivity index (χ1v) is 14.0. The number of aromatic nitrogens is 2. The van der Waals surface area contributed by atoms with Gasteiger partial charge in [-0.1, -0.05) is 39.7 Å². The van der Waals surface area contributed by atoms with Crippen molar-refractivity contribution in [1.82, 2.24) is 9.97 Å². The van der Waals surface area contributed by atoms with E-state index in [1.165, 1.54) is 23.9 Å². The first-order valence-electron chi connectivity index (χ1n) is 10.6. The number of carbonyl (C=O) groups excluding carboxylic acids is 1. The largest absolute Gasteiger partial charge is 0.393 e. The van der Waals surface area contributed by atoms with E-state index in [0.717, 1.165) is 15.6 Å². The molecule has 0 aliphatic heterocycles. The van der Waals surface area contributed by atoms with Crippen molar-refractivity contribution in [3.05, 3.63) is 73.2 Å².